The van der Waals surface area contributed by atoms with E-state index in [1.54, 1.807) is 0 Å². The Labute approximate surface area is 149 Å². The number of nitrogens with one attached hydrogen (secondary N) is 1. The lowest BCUT2D eigenvalue weighted by molar-refractivity contribution is -0.132. The SMILES string of the molecule is CCCC(=O)N1CCC(c2nc(C3CNCCN3C)no2)CC1.Cl. The summed E-state index contributed by atoms with van der Waals surface area (Å²) in [7, 11) is 2.10. The maximum Gasteiger partial charge on any atom is 0.229 e. The normalized spacial score (nSPS) is 23.1. The Balaban J connectivity index is 0.00000208. The average molecular weight is 358 g/mol. The summed E-state index contributed by atoms with van der Waals surface area (Å²) in [6.45, 7) is 6.49. The fourth-order valence-electron chi connectivity index (χ4n) is 3.39. The quantitative estimate of drug-likeness (QED) is 0.881. The Morgan fingerprint density at radius 2 is 2.08 bits per heavy atom. The average Bonchev–Trinajstić information content (AvgIpc) is 3.05. The topological polar surface area (TPSA) is 74.5 Å². The molecular formula is C16H28ClN5O2. The van der Waals surface area contributed by atoms with E-state index in [-0.39, 0.29) is 30.3 Å². The highest BCUT2D eigenvalue weighted by Crippen LogP contribution is 2.28. The summed E-state index contributed by atoms with van der Waals surface area (Å²) in [5.41, 5.74) is 0. The van der Waals surface area contributed by atoms with Crippen molar-refractivity contribution < 1.29 is 9.32 Å². The first-order valence-corrected chi connectivity index (χ1v) is 8.71. The van der Waals surface area contributed by atoms with Crippen molar-refractivity contribution >= 4 is 18.3 Å². The number of likely N-dealkylation sites (N-methyl/N-ethyl adjacent to an activating group) is 1. The molecule has 1 N–H and O–H groups in total. The van der Waals surface area contributed by atoms with E-state index in [1.165, 1.54) is 0 Å². The van der Waals surface area contributed by atoms with E-state index in [0.717, 1.165) is 63.7 Å². The first-order valence-electron chi connectivity index (χ1n) is 8.71. The molecular weight excluding hydrogens is 330 g/mol. The minimum Gasteiger partial charge on any atom is -0.343 e. The van der Waals surface area contributed by atoms with Gasteiger partial charge in [-0.2, -0.15) is 4.98 Å². The van der Waals surface area contributed by atoms with E-state index in [0.29, 0.717) is 6.42 Å². The van der Waals surface area contributed by atoms with Crippen molar-refractivity contribution in [3.8, 4) is 0 Å². The molecule has 0 spiro atoms. The lowest BCUT2D eigenvalue weighted by atomic mass is 9.96. The molecule has 2 aliphatic rings. The van der Waals surface area contributed by atoms with Gasteiger partial charge in [-0.3, -0.25) is 9.69 Å². The van der Waals surface area contributed by atoms with Crippen LogP contribution in [0.1, 0.15) is 56.3 Å². The van der Waals surface area contributed by atoms with E-state index in [9.17, 15) is 4.79 Å². The van der Waals surface area contributed by atoms with Gasteiger partial charge >= 0.3 is 0 Å². The predicted molar refractivity (Wildman–Crippen MR) is 93.2 cm³/mol. The van der Waals surface area contributed by atoms with Gasteiger partial charge in [-0.15, -0.1) is 12.4 Å². The van der Waals surface area contributed by atoms with Crippen LogP contribution in [0.4, 0.5) is 0 Å². The van der Waals surface area contributed by atoms with Gasteiger partial charge in [0.25, 0.3) is 0 Å². The molecule has 2 aliphatic heterocycles. The van der Waals surface area contributed by atoms with Crippen molar-refractivity contribution in [2.75, 3.05) is 39.8 Å². The number of carbonyl (C=O) groups is 1. The van der Waals surface area contributed by atoms with E-state index in [4.69, 9.17) is 4.52 Å². The van der Waals surface area contributed by atoms with Crippen LogP contribution >= 0.6 is 12.4 Å². The summed E-state index contributed by atoms with van der Waals surface area (Å²) >= 11 is 0. The molecule has 8 heteroatoms. The highest BCUT2D eigenvalue weighted by atomic mass is 35.5. The molecule has 0 bridgehead atoms. The Kier molecular flexibility index (Phi) is 7.01. The van der Waals surface area contributed by atoms with E-state index in [2.05, 4.69) is 27.4 Å². The zero-order chi connectivity index (χ0) is 16.2. The number of hydrogen-bond acceptors (Lipinski definition) is 6. The molecule has 1 aromatic heterocycles. The molecule has 0 aliphatic carbocycles. The summed E-state index contributed by atoms with van der Waals surface area (Å²) in [6.07, 6.45) is 3.39. The number of carbonyl (C=O) groups excluding carboxylic acids is 1. The Morgan fingerprint density at radius 1 is 1.33 bits per heavy atom. The van der Waals surface area contributed by atoms with Crippen LogP contribution in [0.15, 0.2) is 4.52 Å². The summed E-state index contributed by atoms with van der Waals surface area (Å²) in [4.78, 5) is 20.8. The van der Waals surface area contributed by atoms with Crippen molar-refractivity contribution in [1.82, 2.24) is 25.3 Å². The van der Waals surface area contributed by atoms with Crippen molar-refractivity contribution in [3.63, 3.8) is 0 Å². The molecule has 1 unspecified atom stereocenters. The first kappa shape index (κ1) is 19.1. The van der Waals surface area contributed by atoms with Gasteiger partial charge in [-0.05, 0) is 26.3 Å². The van der Waals surface area contributed by atoms with Gasteiger partial charge in [0.1, 0.15) is 0 Å². The monoisotopic (exact) mass is 357 g/mol. The number of halogens is 1. The lowest BCUT2D eigenvalue weighted by Crippen LogP contribution is -2.44. The third-order valence-electron chi connectivity index (χ3n) is 4.93. The van der Waals surface area contributed by atoms with Crippen molar-refractivity contribution in [2.24, 2.45) is 0 Å². The van der Waals surface area contributed by atoms with Crippen molar-refractivity contribution in [1.29, 1.82) is 0 Å². The number of hydrogen-bond donors (Lipinski definition) is 1. The number of aromatic nitrogens is 2. The lowest BCUT2D eigenvalue weighted by Gasteiger charge is -2.31. The molecule has 3 heterocycles. The number of piperidine rings is 1. The van der Waals surface area contributed by atoms with Gasteiger partial charge in [0, 0.05) is 45.1 Å². The maximum absolute atomic E-state index is 12.0. The van der Waals surface area contributed by atoms with Crippen LogP contribution in [0.3, 0.4) is 0 Å². The van der Waals surface area contributed by atoms with Gasteiger partial charge in [0.05, 0.1) is 6.04 Å². The number of rotatable bonds is 4. The van der Waals surface area contributed by atoms with Crippen LogP contribution in [0.5, 0.6) is 0 Å². The molecule has 2 fully saturated rings. The summed E-state index contributed by atoms with van der Waals surface area (Å²) in [6, 6.07) is 0.187. The highest BCUT2D eigenvalue weighted by molar-refractivity contribution is 5.85. The van der Waals surface area contributed by atoms with Gasteiger partial charge in [0.15, 0.2) is 5.82 Å². The fourth-order valence-corrected chi connectivity index (χ4v) is 3.39. The van der Waals surface area contributed by atoms with Crippen molar-refractivity contribution in [3.05, 3.63) is 11.7 Å². The van der Waals surface area contributed by atoms with E-state index >= 15 is 0 Å². The number of likely N-dealkylation sites (tertiary alicyclic amines) is 1. The molecule has 7 nitrogen and oxygen atoms in total. The second-order valence-electron chi connectivity index (χ2n) is 6.60. The molecule has 0 radical (unpaired) electrons. The minimum absolute atomic E-state index is 0. The largest absolute Gasteiger partial charge is 0.343 e. The second-order valence-corrected chi connectivity index (χ2v) is 6.60. The van der Waals surface area contributed by atoms with Gasteiger partial charge in [0.2, 0.25) is 11.8 Å². The van der Waals surface area contributed by atoms with Crippen LogP contribution < -0.4 is 5.32 Å². The van der Waals surface area contributed by atoms with Crippen LogP contribution in [0.25, 0.3) is 0 Å². The Morgan fingerprint density at radius 3 is 2.75 bits per heavy atom. The third-order valence-corrected chi connectivity index (χ3v) is 4.93. The number of nitrogens with zero attached hydrogens (tertiary/aromatic N) is 4. The van der Waals surface area contributed by atoms with Crippen LogP contribution in [-0.4, -0.2) is 65.6 Å². The number of amides is 1. The maximum atomic E-state index is 12.0. The van der Waals surface area contributed by atoms with Gasteiger partial charge < -0.3 is 14.7 Å². The van der Waals surface area contributed by atoms with Gasteiger partial charge in [-0.1, -0.05) is 12.1 Å². The second kappa shape index (κ2) is 8.78. The van der Waals surface area contributed by atoms with Crippen LogP contribution in [-0.2, 0) is 4.79 Å². The van der Waals surface area contributed by atoms with Gasteiger partial charge in [-0.25, -0.2) is 0 Å². The zero-order valence-electron chi connectivity index (χ0n) is 14.5. The zero-order valence-corrected chi connectivity index (χ0v) is 15.3. The molecule has 2 saturated heterocycles. The van der Waals surface area contributed by atoms with Crippen molar-refractivity contribution in [2.45, 2.75) is 44.6 Å². The Hall–Kier alpha value is -1.18. The van der Waals surface area contributed by atoms with E-state index < -0.39 is 0 Å². The smallest absolute Gasteiger partial charge is 0.229 e. The summed E-state index contributed by atoms with van der Waals surface area (Å²) in [5.74, 6) is 2.07. The molecule has 1 atom stereocenters. The molecule has 3 rings (SSSR count). The first-order chi connectivity index (χ1) is 11.2. The molecule has 0 saturated carbocycles. The van der Waals surface area contributed by atoms with E-state index in [1.807, 2.05) is 11.8 Å². The summed E-state index contributed by atoms with van der Waals surface area (Å²) in [5, 5.41) is 7.58. The summed E-state index contributed by atoms with van der Waals surface area (Å²) < 4.78 is 5.53. The number of piperazine rings is 1. The molecule has 1 amide bonds. The third kappa shape index (κ3) is 4.26. The highest BCUT2D eigenvalue weighted by Gasteiger charge is 2.30. The fraction of sp³-hybridized carbons (Fsp3) is 0.812. The molecule has 0 aromatic carbocycles. The predicted octanol–water partition coefficient (Wildman–Crippen LogP) is 1.57. The van der Waals surface area contributed by atoms with Crippen LogP contribution in [0, 0.1) is 0 Å². The minimum atomic E-state index is 0. The Bertz CT molecular complexity index is 530. The molecule has 24 heavy (non-hydrogen) atoms. The standard InChI is InChI=1S/C16H27N5O2.ClH/c1-3-4-14(22)21-8-5-12(6-9-21)16-18-15(19-23-16)13-11-17-7-10-20(13)2;/h12-13,17H,3-11H2,1-2H3;1H. The van der Waals surface area contributed by atoms with Crippen LogP contribution in [0.2, 0.25) is 0 Å². The molecule has 1 aromatic rings. The molecule has 136 valence electrons.